The van der Waals surface area contributed by atoms with Crippen LogP contribution < -0.4 is 5.48 Å². The maximum absolute atomic E-state index is 13.9. The predicted octanol–water partition coefficient (Wildman–Crippen LogP) is 5.84. The Bertz CT molecular complexity index is 1290. The minimum Gasteiger partial charge on any atom is -0.463 e. The van der Waals surface area contributed by atoms with Crippen LogP contribution in [0.4, 0.5) is 0 Å². The number of allylic oxidation sites excluding steroid dienone is 2. The Balaban J connectivity index is 2.54. The highest BCUT2D eigenvalue weighted by molar-refractivity contribution is 5.97. The fourth-order valence-electron chi connectivity index (χ4n) is 6.86. The first-order valence-electron chi connectivity index (χ1n) is 16.9. The van der Waals surface area contributed by atoms with E-state index in [1.807, 2.05) is 40.7 Å². The molecule has 2 N–H and O–H groups in total. The van der Waals surface area contributed by atoms with Gasteiger partial charge in [-0.3, -0.25) is 14.4 Å². The number of carbonyl (C=O) groups excluding carboxylic acids is 4. The van der Waals surface area contributed by atoms with Crippen LogP contribution in [0.3, 0.4) is 0 Å². The number of hydroxylamine groups is 1. The summed E-state index contributed by atoms with van der Waals surface area (Å²) in [5, 5.41) is 0. The summed E-state index contributed by atoms with van der Waals surface area (Å²) < 4.78 is 23.9. The summed E-state index contributed by atoms with van der Waals surface area (Å²) in [4.78, 5) is 64.8. The van der Waals surface area contributed by atoms with E-state index in [0.29, 0.717) is 49.7 Å². The number of cyclic esters (lactones) is 1. The first-order chi connectivity index (χ1) is 22.5. The first-order valence-corrected chi connectivity index (χ1v) is 16.9. The standard InChI is InChI=1S/C36H57N3O9/c1-12-30-36(9,47-34(43)32-38-17-18-39-32)21-25(5)31(41)24(4)20-35(8,44-11)29(22(2)19-23(3)33(42)46-30)16-15-28(45-27(7)40)14-13-26(6)48-37-10/h17-19,21-22,24,26,28-30,37H,12-16,20H2,1-11H3,(H,38,39)/b23-19-,25-21+/t22-,24+,26+,28+,29+,30+,35+,36-/m0/s1. The molecule has 0 bridgehead atoms. The fourth-order valence-corrected chi connectivity index (χ4v) is 6.86. The minimum absolute atomic E-state index is 0.00823. The number of hydrogen-bond acceptors (Lipinski definition) is 11. The number of ketones is 1. The van der Waals surface area contributed by atoms with Gasteiger partial charge in [0.1, 0.15) is 12.2 Å². The Morgan fingerprint density at radius 1 is 1.15 bits per heavy atom. The number of aromatic nitrogens is 2. The van der Waals surface area contributed by atoms with E-state index in [-0.39, 0.29) is 41.6 Å². The molecule has 0 unspecified atom stereocenters. The van der Waals surface area contributed by atoms with Gasteiger partial charge in [-0.25, -0.2) is 20.1 Å². The van der Waals surface area contributed by atoms with E-state index in [1.165, 1.54) is 19.3 Å². The van der Waals surface area contributed by atoms with Crippen molar-refractivity contribution in [1.82, 2.24) is 15.4 Å². The second-order valence-electron chi connectivity index (χ2n) is 13.5. The number of hydrogen-bond donors (Lipinski definition) is 2. The number of aromatic amines is 1. The smallest absolute Gasteiger partial charge is 0.375 e. The van der Waals surface area contributed by atoms with Crippen LogP contribution in [-0.4, -0.2) is 77.3 Å². The van der Waals surface area contributed by atoms with Crippen LogP contribution >= 0.6 is 0 Å². The summed E-state index contributed by atoms with van der Waals surface area (Å²) in [6, 6.07) is 0. The molecule has 0 saturated heterocycles. The molecule has 12 nitrogen and oxygen atoms in total. The lowest BCUT2D eigenvalue weighted by atomic mass is 9.71. The average Bonchev–Trinajstić information content (AvgIpc) is 3.56. The maximum atomic E-state index is 13.9. The maximum Gasteiger partial charge on any atom is 0.375 e. The number of esters is 3. The van der Waals surface area contributed by atoms with Gasteiger partial charge >= 0.3 is 17.9 Å². The first kappa shape index (κ1) is 40.8. The number of nitrogens with one attached hydrogen (secondary N) is 2. The number of carbonyl (C=O) groups is 4. The van der Waals surface area contributed by atoms with Gasteiger partial charge in [0.2, 0.25) is 5.82 Å². The Hall–Kier alpha value is -3.35. The van der Waals surface area contributed by atoms with E-state index in [0.717, 1.165) is 0 Å². The summed E-state index contributed by atoms with van der Waals surface area (Å²) in [7, 11) is 3.33. The van der Waals surface area contributed by atoms with Crippen molar-refractivity contribution >= 4 is 23.7 Å². The molecule has 2 rings (SSSR count). The SMILES string of the molecule is CC[C@H]1OC(=O)/C(C)=C\[C@H](C)[C@@H](CC[C@@H](CC[C@@H](C)ONC)OC(C)=O)[C@](C)(OC)C[C@@H](C)C(=O)/C(C)=C/[C@]1(C)OC(=O)c1ncc[nH]1. The van der Waals surface area contributed by atoms with Crippen molar-refractivity contribution in [2.75, 3.05) is 14.2 Å². The second kappa shape index (κ2) is 18.4. The van der Waals surface area contributed by atoms with Crippen molar-refractivity contribution in [3.63, 3.8) is 0 Å². The quantitative estimate of drug-likeness (QED) is 0.147. The van der Waals surface area contributed by atoms with Crippen molar-refractivity contribution in [2.24, 2.45) is 17.8 Å². The van der Waals surface area contributed by atoms with E-state index in [1.54, 1.807) is 41.0 Å². The number of Topliss-reactive ketones (excluding diaryl/α,β-unsaturated/α-hetero) is 1. The number of imidazole rings is 1. The molecule has 8 atom stereocenters. The third-order valence-corrected chi connectivity index (χ3v) is 9.38. The lowest BCUT2D eigenvalue weighted by molar-refractivity contribution is -0.155. The van der Waals surface area contributed by atoms with Crippen molar-refractivity contribution in [1.29, 1.82) is 0 Å². The molecule has 1 aromatic heterocycles. The highest BCUT2D eigenvalue weighted by atomic mass is 16.7. The molecular weight excluding hydrogens is 618 g/mol. The molecule has 1 aliphatic heterocycles. The number of H-pyrrole nitrogens is 1. The molecule has 1 aromatic rings. The van der Waals surface area contributed by atoms with E-state index in [2.05, 4.69) is 15.4 Å². The Morgan fingerprint density at radius 3 is 2.40 bits per heavy atom. The molecule has 0 aromatic carbocycles. The fraction of sp³-hybridized carbons (Fsp3) is 0.694. The molecule has 1 aliphatic rings. The van der Waals surface area contributed by atoms with Gasteiger partial charge in [-0.1, -0.05) is 26.8 Å². The molecule has 0 radical (unpaired) electrons. The molecule has 0 spiro atoms. The molecule has 0 aliphatic carbocycles. The normalized spacial score (nSPS) is 30.9. The number of ether oxygens (including phenoxy) is 4. The number of methoxy groups -OCH3 is 1. The molecule has 0 fully saturated rings. The lowest BCUT2D eigenvalue weighted by Crippen LogP contribution is -2.46. The van der Waals surface area contributed by atoms with Gasteiger partial charge in [-0.2, -0.15) is 0 Å². The van der Waals surface area contributed by atoms with E-state index in [9.17, 15) is 19.2 Å². The zero-order valence-corrected chi connectivity index (χ0v) is 30.6. The van der Waals surface area contributed by atoms with Crippen LogP contribution in [0.5, 0.6) is 0 Å². The van der Waals surface area contributed by atoms with Crippen LogP contribution in [-0.2, 0) is 38.2 Å². The summed E-state index contributed by atoms with van der Waals surface area (Å²) in [6.45, 7) is 16.0. The van der Waals surface area contributed by atoms with Crippen LogP contribution in [0.25, 0.3) is 0 Å². The zero-order valence-electron chi connectivity index (χ0n) is 30.6. The Kier molecular flexibility index (Phi) is 15.7. The van der Waals surface area contributed by atoms with Gasteiger partial charge < -0.3 is 23.9 Å². The monoisotopic (exact) mass is 675 g/mol. The van der Waals surface area contributed by atoms with Gasteiger partial charge in [-0.15, -0.1) is 0 Å². The van der Waals surface area contributed by atoms with Crippen molar-refractivity contribution in [3.05, 3.63) is 41.5 Å². The van der Waals surface area contributed by atoms with E-state index in [4.69, 9.17) is 23.8 Å². The van der Waals surface area contributed by atoms with Gasteiger partial charge in [0.15, 0.2) is 11.4 Å². The van der Waals surface area contributed by atoms with Crippen molar-refractivity contribution in [2.45, 2.75) is 130 Å². The molecule has 0 amide bonds. The largest absolute Gasteiger partial charge is 0.463 e. The topological polar surface area (TPSA) is 155 Å². The Labute approximate surface area is 285 Å². The predicted molar refractivity (Wildman–Crippen MR) is 181 cm³/mol. The van der Waals surface area contributed by atoms with Gasteiger partial charge in [0.05, 0.1) is 11.7 Å². The number of rotatable bonds is 13. The van der Waals surface area contributed by atoms with E-state index >= 15 is 0 Å². The molecule has 0 saturated carbocycles. The summed E-state index contributed by atoms with van der Waals surface area (Å²) in [6.07, 6.45) is 8.17. The molecule has 2 heterocycles. The van der Waals surface area contributed by atoms with Gasteiger partial charge in [-0.05, 0) is 96.6 Å². The second-order valence-corrected chi connectivity index (χ2v) is 13.5. The zero-order chi connectivity index (χ0) is 36.2. The third-order valence-electron chi connectivity index (χ3n) is 9.38. The average molecular weight is 676 g/mol. The minimum atomic E-state index is -1.47. The van der Waals surface area contributed by atoms with Crippen molar-refractivity contribution in [3.8, 4) is 0 Å². The van der Waals surface area contributed by atoms with E-state index < -0.39 is 35.2 Å². The van der Waals surface area contributed by atoms with Crippen LogP contribution in [0.15, 0.2) is 35.7 Å². The van der Waals surface area contributed by atoms with Gasteiger partial charge in [0, 0.05) is 45.0 Å². The summed E-state index contributed by atoms with van der Waals surface area (Å²) in [5.74, 6) is -2.65. The molecular formula is C36H57N3O9. The van der Waals surface area contributed by atoms with Crippen LogP contribution in [0.2, 0.25) is 0 Å². The summed E-state index contributed by atoms with van der Waals surface area (Å²) >= 11 is 0. The van der Waals surface area contributed by atoms with Crippen LogP contribution in [0, 0.1) is 17.8 Å². The molecule has 12 heteroatoms. The number of nitrogens with zero attached hydrogens (tertiary/aromatic N) is 1. The summed E-state index contributed by atoms with van der Waals surface area (Å²) in [5.41, 5.74) is 1.18. The lowest BCUT2D eigenvalue weighted by Gasteiger charge is -2.42. The highest BCUT2D eigenvalue weighted by Crippen LogP contribution is 2.40. The van der Waals surface area contributed by atoms with Crippen LogP contribution in [0.1, 0.15) is 111 Å². The molecule has 270 valence electrons. The van der Waals surface area contributed by atoms with Crippen molar-refractivity contribution < 1.29 is 43.0 Å². The third kappa shape index (κ3) is 11.4. The van der Waals surface area contributed by atoms with Gasteiger partial charge in [0.25, 0.3) is 0 Å². The highest BCUT2D eigenvalue weighted by Gasteiger charge is 2.43. The Morgan fingerprint density at radius 2 is 1.83 bits per heavy atom. The molecule has 48 heavy (non-hydrogen) atoms.